The number of halogens is 5. The number of hydrogen-bond acceptors (Lipinski definition) is 4. The summed E-state index contributed by atoms with van der Waals surface area (Å²) in [6.07, 6.45) is 1.05. The Kier molecular flexibility index (Phi) is 11.7. The lowest BCUT2D eigenvalue weighted by Crippen LogP contribution is -2.41. The average molecular weight is 547 g/mol. The number of aliphatic imine (C=N–C) groups is 1. The molecule has 0 heterocycles. The molecule has 150 valence electrons. The van der Waals surface area contributed by atoms with E-state index in [2.05, 4.69) is 25.1 Å². The number of sulfonamides is 1. The van der Waals surface area contributed by atoms with Crippen molar-refractivity contribution in [1.29, 1.82) is 0 Å². The van der Waals surface area contributed by atoms with E-state index in [1.54, 1.807) is 0 Å². The zero-order chi connectivity index (χ0) is 19.0. The number of ether oxygens (including phenoxy) is 1. The lowest BCUT2D eigenvalue weighted by Gasteiger charge is -2.16. The maximum Gasteiger partial charge on any atom is 0.387 e. The molecule has 0 saturated carbocycles. The van der Waals surface area contributed by atoms with Crippen molar-refractivity contribution >= 4 is 63.2 Å². The average Bonchev–Trinajstić information content (AvgIpc) is 2.48. The second kappa shape index (κ2) is 12.0. The van der Waals surface area contributed by atoms with Crippen LogP contribution in [0.1, 0.15) is 5.56 Å². The Bertz CT molecular complexity index is 724. The summed E-state index contributed by atoms with van der Waals surface area (Å²) in [5.74, 6) is 0.150. The number of nitrogens with zero attached hydrogens (tertiary/aromatic N) is 1. The van der Waals surface area contributed by atoms with Crippen LogP contribution in [0.25, 0.3) is 0 Å². The smallest absolute Gasteiger partial charge is 0.387 e. The molecular formula is C13H19Cl2F2IN4O3S. The van der Waals surface area contributed by atoms with Crippen LogP contribution in [0.15, 0.2) is 17.1 Å². The minimum Gasteiger partial charge on any atom is -0.433 e. The quantitative estimate of drug-likeness (QED) is 0.202. The van der Waals surface area contributed by atoms with E-state index in [0.717, 1.165) is 6.26 Å². The van der Waals surface area contributed by atoms with E-state index < -0.39 is 16.6 Å². The Labute approximate surface area is 177 Å². The zero-order valence-corrected chi connectivity index (χ0v) is 18.5. The molecule has 0 atom stereocenters. The molecule has 1 aromatic rings. The third kappa shape index (κ3) is 9.90. The van der Waals surface area contributed by atoms with Gasteiger partial charge in [-0.1, -0.05) is 23.2 Å². The van der Waals surface area contributed by atoms with Gasteiger partial charge in [-0.3, -0.25) is 4.99 Å². The summed E-state index contributed by atoms with van der Waals surface area (Å²) in [4.78, 5) is 3.93. The van der Waals surface area contributed by atoms with Gasteiger partial charge in [-0.25, -0.2) is 13.1 Å². The fourth-order valence-corrected chi connectivity index (χ4v) is 2.84. The second-order valence-electron chi connectivity index (χ2n) is 4.77. The van der Waals surface area contributed by atoms with Crippen LogP contribution >= 0.6 is 47.2 Å². The molecule has 0 saturated heterocycles. The van der Waals surface area contributed by atoms with Gasteiger partial charge in [0.1, 0.15) is 5.75 Å². The number of benzene rings is 1. The highest BCUT2D eigenvalue weighted by Crippen LogP contribution is 2.33. The Morgan fingerprint density at radius 2 is 1.92 bits per heavy atom. The Hall–Kier alpha value is -0.630. The summed E-state index contributed by atoms with van der Waals surface area (Å²) in [6, 6.07) is 2.74. The van der Waals surface area contributed by atoms with Crippen LogP contribution in [0.3, 0.4) is 0 Å². The molecule has 0 aliphatic carbocycles. The van der Waals surface area contributed by atoms with Gasteiger partial charge in [0, 0.05) is 37.3 Å². The van der Waals surface area contributed by atoms with Crippen LogP contribution in [-0.4, -0.2) is 47.4 Å². The number of guanidine groups is 1. The lowest BCUT2D eigenvalue weighted by molar-refractivity contribution is -0.0504. The van der Waals surface area contributed by atoms with Crippen LogP contribution < -0.4 is 20.1 Å². The molecule has 0 amide bonds. The first-order valence-corrected chi connectivity index (χ1v) is 9.59. The maximum absolute atomic E-state index is 12.5. The van der Waals surface area contributed by atoms with Crippen molar-refractivity contribution in [2.75, 3.05) is 26.4 Å². The van der Waals surface area contributed by atoms with Crippen molar-refractivity contribution in [3.05, 3.63) is 27.7 Å². The first kappa shape index (κ1) is 25.4. The first-order chi connectivity index (χ1) is 11.6. The van der Waals surface area contributed by atoms with Gasteiger partial charge in [-0.2, -0.15) is 8.78 Å². The molecule has 0 spiro atoms. The molecule has 13 heteroatoms. The highest BCUT2D eigenvalue weighted by molar-refractivity contribution is 14.0. The van der Waals surface area contributed by atoms with Crippen molar-refractivity contribution in [3.8, 4) is 5.75 Å². The van der Waals surface area contributed by atoms with Crippen LogP contribution in [0.5, 0.6) is 5.75 Å². The summed E-state index contributed by atoms with van der Waals surface area (Å²) in [6.45, 7) is -2.55. The van der Waals surface area contributed by atoms with E-state index in [0.29, 0.717) is 11.5 Å². The van der Waals surface area contributed by atoms with E-state index in [4.69, 9.17) is 23.2 Å². The summed E-state index contributed by atoms with van der Waals surface area (Å²) in [5.41, 5.74) is 0.315. The van der Waals surface area contributed by atoms with Gasteiger partial charge in [0.05, 0.1) is 11.3 Å². The van der Waals surface area contributed by atoms with E-state index in [1.807, 2.05) is 0 Å². The number of nitrogens with one attached hydrogen (secondary N) is 3. The topological polar surface area (TPSA) is 91.8 Å². The van der Waals surface area contributed by atoms with Crippen LogP contribution in [0.4, 0.5) is 8.78 Å². The fourth-order valence-electron chi connectivity index (χ4n) is 1.78. The lowest BCUT2D eigenvalue weighted by atomic mass is 10.2. The van der Waals surface area contributed by atoms with E-state index in [-0.39, 0.29) is 59.4 Å². The number of hydrogen-bond donors (Lipinski definition) is 3. The Morgan fingerprint density at radius 3 is 2.46 bits per heavy atom. The molecule has 0 fully saturated rings. The monoisotopic (exact) mass is 546 g/mol. The molecule has 0 radical (unpaired) electrons. The van der Waals surface area contributed by atoms with E-state index in [9.17, 15) is 17.2 Å². The zero-order valence-electron chi connectivity index (χ0n) is 13.9. The summed E-state index contributed by atoms with van der Waals surface area (Å²) < 4.78 is 53.7. The summed E-state index contributed by atoms with van der Waals surface area (Å²) in [7, 11) is -1.78. The van der Waals surface area contributed by atoms with Crippen molar-refractivity contribution in [3.63, 3.8) is 0 Å². The molecule has 7 nitrogen and oxygen atoms in total. The van der Waals surface area contributed by atoms with Crippen LogP contribution in [0.2, 0.25) is 10.0 Å². The van der Waals surface area contributed by atoms with Gasteiger partial charge in [-0.15, -0.1) is 24.0 Å². The highest BCUT2D eigenvalue weighted by atomic mass is 127. The van der Waals surface area contributed by atoms with Gasteiger partial charge in [-0.05, 0) is 12.1 Å². The van der Waals surface area contributed by atoms with Crippen LogP contribution in [-0.2, 0) is 16.6 Å². The molecule has 0 aromatic heterocycles. The Balaban J connectivity index is 0.00000625. The maximum atomic E-state index is 12.5. The molecule has 3 N–H and O–H groups in total. The molecule has 0 bridgehead atoms. The van der Waals surface area contributed by atoms with Crippen molar-refractivity contribution < 1.29 is 21.9 Å². The van der Waals surface area contributed by atoms with E-state index in [1.165, 1.54) is 19.2 Å². The van der Waals surface area contributed by atoms with Crippen molar-refractivity contribution in [2.24, 2.45) is 4.99 Å². The molecule has 1 rings (SSSR count). The molecular weight excluding hydrogens is 528 g/mol. The SMILES string of the molecule is CN=C(NCCNS(C)(=O)=O)NCc1cc(Cl)cc(Cl)c1OC(F)F.I. The Morgan fingerprint density at radius 1 is 1.27 bits per heavy atom. The minimum absolute atomic E-state index is 0. The van der Waals surface area contributed by atoms with Gasteiger partial charge in [0.2, 0.25) is 10.0 Å². The molecule has 0 unspecified atom stereocenters. The van der Waals surface area contributed by atoms with Gasteiger partial charge >= 0.3 is 6.61 Å². The highest BCUT2D eigenvalue weighted by Gasteiger charge is 2.15. The first-order valence-electron chi connectivity index (χ1n) is 6.94. The standard InChI is InChI=1S/C13H18Cl2F2N4O3S.HI/c1-18-13(19-3-4-21-25(2,22)23)20-7-8-5-9(14)6-10(15)11(8)24-12(16)17;/h5-6,12,21H,3-4,7H2,1-2H3,(H2,18,19,20);1H. The summed E-state index contributed by atoms with van der Waals surface area (Å²) in [5, 5.41) is 5.96. The number of alkyl halides is 2. The van der Waals surface area contributed by atoms with Crippen molar-refractivity contribution in [2.45, 2.75) is 13.2 Å². The molecule has 1 aromatic carbocycles. The minimum atomic E-state index is -3.28. The van der Waals surface area contributed by atoms with Gasteiger partial charge < -0.3 is 15.4 Å². The molecule has 26 heavy (non-hydrogen) atoms. The predicted molar refractivity (Wildman–Crippen MR) is 110 cm³/mol. The van der Waals surface area contributed by atoms with Gasteiger partial charge in [0.15, 0.2) is 5.96 Å². The van der Waals surface area contributed by atoms with Crippen molar-refractivity contribution in [1.82, 2.24) is 15.4 Å². The largest absolute Gasteiger partial charge is 0.433 e. The normalized spacial score (nSPS) is 11.9. The number of rotatable bonds is 8. The molecule has 0 aliphatic rings. The summed E-state index contributed by atoms with van der Waals surface area (Å²) >= 11 is 11.8. The molecule has 0 aliphatic heterocycles. The van der Waals surface area contributed by atoms with E-state index >= 15 is 0 Å². The second-order valence-corrected chi connectivity index (χ2v) is 7.45. The third-order valence-corrected chi connectivity index (χ3v) is 3.97. The van der Waals surface area contributed by atoms with Crippen LogP contribution in [0, 0.1) is 0 Å². The fraction of sp³-hybridized carbons (Fsp3) is 0.462. The predicted octanol–water partition coefficient (Wildman–Crippen LogP) is 2.43. The van der Waals surface area contributed by atoms with Gasteiger partial charge in [0.25, 0.3) is 0 Å². The third-order valence-electron chi connectivity index (χ3n) is 2.74.